The second kappa shape index (κ2) is 6.05. The molecule has 22 heavy (non-hydrogen) atoms. The molecule has 1 fully saturated rings. The van der Waals surface area contributed by atoms with E-state index in [0.29, 0.717) is 11.3 Å². The molecule has 1 unspecified atom stereocenters. The number of hydrogen-bond donors (Lipinski definition) is 2. The Kier molecular flexibility index (Phi) is 4.69. The van der Waals surface area contributed by atoms with Gasteiger partial charge < -0.3 is 14.8 Å². The summed E-state index contributed by atoms with van der Waals surface area (Å²) >= 11 is 1.50. The van der Waals surface area contributed by atoms with Gasteiger partial charge in [0, 0.05) is 18.2 Å². The Morgan fingerprint density at radius 2 is 2.09 bits per heavy atom. The summed E-state index contributed by atoms with van der Waals surface area (Å²) in [5.74, 6) is -1.42. The quantitative estimate of drug-likeness (QED) is 0.428. The zero-order chi connectivity index (χ0) is 16.7. The molecule has 2 N–H and O–H groups in total. The van der Waals surface area contributed by atoms with Gasteiger partial charge in [-0.1, -0.05) is 19.6 Å². The number of rotatable bonds is 5. The second-order valence-corrected chi connectivity index (χ2v) is 12.2. The minimum absolute atomic E-state index is 0.0383. The van der Waals surface area contributed by atoms with Crippen LogP contribution in [0.5, 0.6) is 0 Å². The summed E-state index contributed by atoms with van der Waals surface area (Å²) in [5.41, 5.74) is 0.423. The average molecular weight is 344 g/mol. The fraction of sp³-hybridized carbons (Fsp3) is 0.615. The number of carbonyl (C=O) groups excluding carboxylic acids is 2. The molecule has 0 radical (unpaired) electrons. The molecule has 2 aliphatic heterocycles. The Bertz CT molecular complexity index is 557. The molecule has 0 spiro atoms. The van der Waals surface area contributed by atoms with Crippen LogP contribution in [-0.4, -0.2) is 59.9 Å². The van der Waals surface area contributed by atoms with Crippen molar-refractivity contribution in [2.75, 3.05) is 12.4 Å². The van der Waals surface area contributed by atoms with Crippen molar-refractivity contribution >= 4 is 37.8 Å². The third-order valence-electron chi connectivity index (χ3n) is 3.29. The molecule has 1 saturated heterocycles. The first-order valence-electron chi connectivity index (χ1n) is 6.93. The van der Waals surface area contributed by atoms with E-state index in [4.69, 9.17) is 4.74 Å². The minimum Gasteiger partial charge on any atom is -0.477 e. The van der Waals surface area contributed by atoms with Crippen LogP contribution < -0.4 is 4.98 Å². The molecule has 2 heterocycles. The molecule has 0 aliphatic carbocycles. The van der Waals surface area contributed by atoms with Crippen LogP contribution in [0, 0.1) is 0 Å². The van der Waals surface area contributed by atoms with Crippen LogP contribution in [0.3, 0.4) is 0 Å². The van der Waals surface area contributed by atoms with Gasteiger partial charge in [0.15, 0.2) is 0 Å². The van der Waals surface area contributed by atoms with Gasteiger partial charge in [0.05, 0.1) is 0 Å². The van der Waals surface area contributed by atoms with Crippen LogP contribution >= 0.6 is 11.8 Å². The lowest BCUT2D eigenvalue weighted by molar-refractivity contribution is -0.148. The van der Waals surface area contributed by atoms with Gasteiger partial charge >= 0.3 is 11.9 Å². The van der Waals surface area contributed by atoms with Crippen molar-refractivity contribution < 1.29 is 24.2 Å². The first-order valence-corrected chi connectivity index (χ1v) is 11.5. The van der Waals surface area contributed by atoms with Crippen molar-refractivity contribution in [3.63, 3.8) is 0 Å². The van der Waals surface area contributed by atoms with Gasteiger partial charge in [0.25, 0.3) is 0 Å². The van der Waals surface area contributed by atoms with Crippen LogP contribution in [0.1, 0.15) is 6.92 Å². The summed E-state index contributed by atoms with van der Waals surface area (Å²) in [5, 5.41) is 9.22. The Hall–Kier alpha value is -1.32. The second-order valence-electron chi connectivity index (χ2n) is 6.32. The predicted octanol–water partition coefficient (Wildman–Crippen LogP) is 0.596. The number of carbonyl (C=O) groups is 3. The molecule has 0 bridgehead atoms. The number of nitrogens with zero attached hydrogens (tertiary/aromatic N) is 1. The summed E-state index contributed by atoms with van der Waals surface area (Å²) < 4.78 is 4.89. The smallest absolute Gasteiger partial charge is 0.352 e. The third kappa shape index (κ3) is 3.36. The van der Waals surface area contributed by atoms with E-state index in [0.717, 1.165) is 0 Å². The van der Waals surface area contributed by atoms with Gasteiger partial charge in [0.1, 0.15) is 32.0 Å². The molecule has 2 rings (SSSR count). The first-order chi connectivity index (χ1) is 10.1. The summed E-state index contributed by atoms with van der Waals surface area (Å²) in [7, 11) is -1.65. The number of esters is 1. The molecule has 7 nitrogen and oxygen atoms in total. The molecule has 0 aromatic heterocycles. The molecule has 0 aromatic rings. The molecule has 122 valence electrons. The Labute approximate surface area is 134 Å². The number of amides is 1. The van der Waals surface area contributed by atoms with Crippen molar-refractivity contribution in [1.82, 2.24) is 9.88 Å². The van der Waals surface area contributed by atoms with Crippen molar-refractivity contribution in [1.29, 1.82) is 0 Å². The van der Waals surface area contributed by atoms with E-state index >= 15 is 0 Å². The zero-order valence-electron chi connectivity index (χ0n) is 13.0. The third-order valence-corrected chi connectivity index (χ3v) is 5.80. The molecular formula is C13H20N2O5SSi. The highest BCUT2D eigenvalue weighted by atomic mass is 32.2. The number of carboxylic acid groups (broad SMARTS) is 1. The van der Waals surface area contributed by atoms with Crippen molar-refractivity contribution in [2.45, 2.75) is 38.0 Å². The van der Waals surface area contributed by atoms with Gasteiger partial charge in [0.2, 0.25) is 5.91 Å². The number of ether oxygens (including phenoxy) is 1. The normalized spacial score (nSPS) is 24.7. The monoisotopic (exact) mass is 344 g/mol. The van der Waals surface area contributed by atoms with E-state index in [1.54, 1.807) is 0 Å². The number of nitrogens with one attached hydrogen (secondary N) is 1. The predicted molar refractivity (Wildman–Crippen MR) is 84.7 cm³/mol. The van der Waals surface area contributed by atoms with Crippen LogP contribution in [0.4, 0.5) is 0 Å². The van der Waals surface area contributed by atoms with Gasteiger partial charge in [-0.3, -0.25) is 14.5 Å². The van der Waals surface area contributed by atoms with E-state index in [2.05, 4.69) is 24.6 Å². The lowest BCUT2D eigenvalue weighted by Crippen LogP contribution is -2.73. The van der Waals surface area contributed by atoms with E-state index in [1.165, 1.54) is 23.6 Å². The maximum atomic E-state index is 12.3. The van der Waals surface area contributed by atoms with Crippen LogP contribution in [0.15, 0.2) is 11.3 Å². The fourth-order valence-corrected chi connectivity index (χ4v) is 5.11. The lowest BCUT2D eigenvalue weighted by Gasteiger charge is -2.51. The van der Waals surface area contributed by atoms with Crippen LogP contribution in [0.2, 0.25) is 19.6 Å². The Morgan fingerprint density at radius 1 is 1.45 bits per heavy atom. The standard InChI is InChI=1S/C13H20N2O5SSi/c1-7(16)20-5-8-6-21-12-9(14-22(2,3)4)11(17)15(12)10(8)13(18)19/h9,12,14H,5-6H2,1-4H3,(H,18,19)/t9?,12-/m0/s1. The van der Waals surface area contributed by atoms with Crippen molar-refractivity contribution in [3.05, 3.63) is 11.3 Å². The molecule has 0 saturated carbocycles. The largest absolute Gasteiger partial charge is 0.477 e. The fourth-order valence-electron chi connectivity index (χ4n) is 2.45. The molecular weight excluding hydrogens is 324 g/mol. The van der Waals surface area contributed by atoms with Crippen LogP contribution in [-0.2, 0) is 19.1 Å². The highest BCUT2D eigenvalue weighted by Crippen LogP contribution is 2.40. The molecule has 0 aromatic carbocycles. The van der Waals surface area contributed by atoms with Crippen molar-refractivity contribution in [2.24, 2.45) is 0 Å². The topological polar surface area (TPSA) is 95.9 Å². The van der Waals surface area contributed by atoms with Crippen LogP contribution in [0.25, 0.3) is 0 Å². The molecule has 2 atom stereocenters. The van der Waals surface area contributed by atoms with E-state index in [-0.39, 0.29) is 29.6 Å². The van der Waals surface area contributed by atoms with Crippen molar-refractivity contribution in [3.8, 4) is 0 Å². The number of fused-ring (bicyclic) bond motifs is 1. The summed E-state index contributed by atoms with van der Waals surface area (Å²) in [6.45, 7) is 7.46. The Balaban J connectivity index is 2.21. The molecule has 1 amide bonds. The summed E-state index contributed by atoms with van der Waals surface area (Å²) in [6.07, 6.45) is 0. The Morgan fingerprint density at radius 3 is 2.59 bits per heavy atom. The first kappa shape index (κ1) is 17.0. The highest BCUT2D eigenvalue weighted by Gasteiger charge is 2.54. The number of hydrogen-bond acceptors (Lipinski definition) is 6. The summed E-state index contributed by atoms with van der Waals surface area (Å²) in [6, 6.07) is -0.332. The molecule has 2 aliphatic rings. The maximum absolute atomic E-state index is 12.3. The number of carboxylic acids is 1. The highest BCUT2D eigenvalue weighted by molar-refractivity contribution is 8.00. The minimum atomic E-state index is -1.65. The van der Waals surface area contributed by atoms with Gasteiger partial charge in [-0.15, -0.1) is 11.8 Å². The SMILES string of the molecule is CC(=O)OCC1=C(C(=O)O)N2C(=O)C(N[Si](C)(C)C)[C@@H]2SC1. The van der Waals surface area contributed by atoms with Gasteiger partial charge in [-0.25, -0.2) is 4.79 Å². The number of aliphatic carboxylic acids is 1. The molecule has 9 heteroatoms. The maximum Gasteiger partial charge on any atom is 0.352 e. The number of thioether (sulfide) groups is 1. The van der Waals surface area contributed by atoms with Gasteiger partial charge in [-0.05, 0) is 0 Å². The van der Waals surface area contributed by atoms with E-state index in [9.17, 15) is 19.5 Å². The van der Waals surface area contributed by atoms with Gasteiger partial charge in [-0.2, -0.15) is 0 Å². The lowest BCUT2D eigenvalue weighted by atomic mass is 10.0. The summed E-state index contributed by atoms with van der Waals surface area (Å²) in [4.78, 5) is 39.4. The number of β-lactam (4-membered cyclic amide) rings is 1. The average Bonchev–Trinajstić information content (AvgIpc) is 2.40. The van der Waals surface area contributed by atoms with E-state index in [1.807, 2.05) is 0 Å². The zero-order valence-corrected chi connectivity index (χ0v) is 14.8. The van der Waals surface area contributed by atoms with E-state index < -0.39 is 20.2 Å².